The molecule has 5 heterocycles. The lowest BCUT2D eigenvalue weighted by Gasteiger charge is -2.30. The summed E-state index contributed by atoms with van der Waals surface area (Å²) in [6.07, 6.45) is 1.48. The van der Waals surface area contributed by atoms with E-state index < -0.39 is 34.7 Å². The Morgan fingerprint density at radius 3 is 2.50 bits per heavy atom. The molecule has 0 bridgehead atoms. The summed E-state index contributed by atoms with van der Waals surface area (Å²) in [5.74, 6) is -2.59. The van der Waals surface area contributed by atoms with Gasteiger partial charge in [0.1, 0.15) is 23.4 Å². The number of furan rings is 1. The summed E-state index contributed by atoms with van der Waals surface area (Å²) in [5.41, 5.74) is 0.280. The van der Waals surface area contributed by atoms with Gasteiger partial charge in [-0.2, -0.15) is 0 Å². The molecule has 3 atom stereocenters. The van der Waals surface area contributed by atoms with E-state index in [2.05, 4.69) is 0 Å². The van der Waals surface area contributed by atoms with E-state index in [1.54, 1.807) is 17.0 Å². The molecule has 1 aromatic carbocycles. The van der Waals surface area contributed by atoms with E-state index >= 15 is 0 Å². The summed E-state index contributed by atoms with van der Waals surface area (Å²) < 4.78 is 25.9. The van der Waals surface area contributed by atoms with Crippen molar-refractivity contribution in [2.24, 2.45) is 5.92 Å². The number of hydrogen-bond donors (Lipinski definition) is 0. The number of thioether (sulfide) groups is 1. The summed E-state index contributed by atoms with van der Waals surface area (Å²) >= 11 is 2.09. The molecule has 3 aliphatic heterocycles. The Kier molecular flexibility index (Phi) is 5.81. The molecule has 2 aromatic heterocycles. The summed E-state index contributed by atoms with van der Waals surface area (Å²) in [6.45, 7) is 1.62. The second kappa shape index (κ2) is 9.02. The summed E-state index contributed by atoms with van der Waals surface area (Å²) in [4.78, 5) is 56.2. The molecule has 0 spiro atoms. The molecule has 3 aromatic rings. The molecule has 12 heteroatoms. The third kappa shape index (κ3) is 3.71. The number of ether oxygens (including phenoxy) is 1. The van der Waals surface area contributed by atoms with Crippen molar-refractivity contribution < 1.29 is 27.9 Å². The van der Waals surface area contributed by atoms with Crippen LogP contribution in [-0.4, -0.2) is 58.7 Å². The first-order valence-electron chi connectivity index (χ1n) is 11.4. The molecule has 2 saturated heterocycles. The van der Waals surface area contributed by atoms with Crippen molar-refractivity contribution in [3.05, 3.63) is 68.8 Å². The van der Waals surface area contributed by atoms with Gasteiger partial charge in [0.25, 0.3) is 0 Å². The summed E-state index contributed by atoms with van der Waals surface area (Å²) in [7, 11) is 0. The first-order chi connectivity index (χ1) is 17.4. The number of rotatable bonds is 4. The monoisotopic (exact) mass is 529 g/mol. The molecule has 0 radical (unpaired) electrons. The van der Waals surface area contributed by atoms with Crippen molar-refractivity contribution in [1.29, 1.82) is 0 Å². The van der Waals surface area contributed by atoms with E-state index in [1.165, 1.54) is 35.1 Å². The summed E-state index contributed by atoms with van der Waals surface area (Å²) in [6, 6.07) is 8.57. The van der Waals surface area contributed by atoms with Gasteiger partial charge in [0.15, 0.2) is 0 Å². The van der Waals surface area contributed by atoms with Crippen molar-refractivity contribution in [1.82, 2.24) is 9.47 Å². The third-order valence-electron chi connectivity index (χ3n) is 6.64. The molecule has 2 fully saturated rings. The Morgan fingerprint density at radius 1 is 1.06 bits per heavy atom. The Hall–Kier alpha value is -3.22. The number of benzene rings is 1. The second-order valence-electron chi connectivity index (χ2n) is 8.66. The van der Waals surface area contributed by atoms with Crippen molar-refractivity contribution in [2.45, 2.75) is 22.7 Å². The highest BCUT2D eigenvalue weighted by Crippen LogP contribution is 2.53. The average molecular weight is 530 g/mol. The van der Waals surface area contributed by atoms with Crippen LogP contribution in [0, 0.1) is 11.7 Å². The highest BCUT2D eigenvalue weighted by atomic mass is 32.2. The number of thiazole rings is 1. The van der Waals surface area contributed by atoms with Gasteiger partial charge in [-0.15, -0.1) is 0 Å². The lowest BCUT2D eigenvalue weighted by molar-refractivity contribution is -0.136. The Morgan fingerprint density at radius 2 is 1.81 bits per heavy atom. The van der Waals surface area contributed by atoms with Gasteiger partial charge in [-0.25, -0.2) is 9.29 Å². The predicted molar refractivity (Wildman–Crippen MR) is 129 cm³/mol. The van der Waals surface area contributed by atoms with Crippen molar-refractivity contribution in [3.8, 4) is 0 Å². The van der Waals surface area contributed by atoms with Crippen LogP contribution in [0.2, 0.25) is 0 Å². The van der Waals surface area contributed by atoms with Gasteiger partial charge in [0, 0.05) is 13.1 Å². The largest absolute Gasteiger partial charge is 0.469 e. The fraction of sp³-hybridized carbons (Fsp3) is 0.333. The smallest absolute Gasteiger partial charge is 0.308 e. The van der Waals surface area contributed by atoms with Crippen LogP contribution in [0.15, 0.2) is 56.9 Å². The maximum absolute atomic E-state index is 13.6. The fourth-order valence-corrected chi connectivity index (χ4v) is 7.68. The fourth-order valence-electron chi connectivity index (χ4n) is 4.92. The molecule has 3 aliphatic rings. The van der Waals surface area contributed by atoms with Crippen LogP contribution >= 0.6 is 23.1 Å². The van der Waals surface area contributed by atoms with Crippen LogP contribution in [0.5, 0.6) is 0 Å². The van der Waals surface area contributed by atoms with Gasteiger partial charge < -0.3 is 14.1 Å². The van der Waals surface area contributed by atoms with E-state index in [1.807, 2.05) is 0 Å². The highest BCUT2D eigenvalue weighted by Gasteiger charge is 2.57. The average Bonchev–Trinajstić information content (AvgIpc) is 3.58. The SMILES string of the molecule is O=C(Cn1c2c(sc1=O)[C@@H](c1ccco1)[C@@H]1C(=O)N(c3ccc(F)cc3)C(=O)[C@@H]1S2)N1CCOCC1. The standard InChI is InChI=1S/C24H20FN3O6S2/c25-13-3-5-14(6-4-13)28-21(30)18-17(15-2-1-9-34-15)20-23(35-19(18)22(28)31)27(24(32)36-20)12-16(29)26-7-10-33-11-8-26/h1-6,9,17-19H,7-8,10-12H2/t17-,18-,19+/m0/s1. The number of carbonyl (C=O) groups is 3. The predicted octanol–water partition coefficient (Wildman–Crippen LogP) is 2.30. The van der Waals surface area contributed by atoms with Gasteiger partial charge in [-0.3, -0.25) is 23.7 Å². The Bertz CT molecular complexity index is 1390. The number of anilines is 1. The molecule has 9 nitrogen and oxygen atoms in total. The lowest BCUT2D eigenvalue weighted by Crippen LogP contribution is -2.43. The Balaban J connectivity index is 1.41. The van der Waals surface area contributed by atoms with Gasteiger partial charge in [-0.1, -0.05) is 23.1 Å². The van der Waals surface area contributed by atoms with Gasteiger partial charge >= 0.3 is 4.87 Å². The van der Waals surface area contributed by atoms with Crippen LogP contribution in [0.25, 0.3) is 0 Å². The zero-order valence-corrected chi connectivity index (χ0v) is 20.4. The zero-order valence-electron chi connectivity index (χ0n) is 18.8. The Labute approximate surface area is 212 Å². The number of amides is 3. The molecule has 0 saturated carbocycles. The number of morpholine rings is 1. The number of halogens is 1. The molecular weight excluding hydrogens is 509 g/mol. The van der Waals surface area contributed by atoms with E-state index in [-0.39, 0.29) is 23.0 Å². The normalized spacial score (nSPS) is 23.6. The van der Waals surface area contributed by atoms with Crippen LogP contribution in [0.3, 0.4) is 0 Å². The van der Waals surface area contributed by atoms with Gasteiger partial charge in [0.2, 0.25) is 17.7 Å². The number of imide groups is 1. The lowest BCUT2D eigenvalue weighted by atomic mass is 9.87. The first kappa shape index (κ1) is 23.2. The van der Waals surface area contributed by atoms with E-state index in [0.717, 1.165) is 28.0 Å². The topological polar surface area (TPSA) is 102 Å². The minimum absolute atomic E-state index is 0.163. The van der Waals surface area contributed by atoms with Crippen LogP contribution in [0.4, 0.5) is 10.1 Å². The number of aromatic nitrogens is 1. The van der Waals surface area contributed by atoms with Gasteiger partial charge in [-0.05, 0) is 36.4 Å². The molecule has 36 heavy (non-hydrogen) atoms. The highest BCUT2D eigenvalue weighted by molar-refractivity contribution is 8.00. The molecule has 0 aliphatic carbocycles. The van der Waals surface area contributed by atoms with Crippen LogP contribution in [-0.2, 0) is 25.7 Å². The molecule has 0 unspecified atom stereocenters. The van der Waals surface area contributed by atoms with E-state index in [0.29, 0.717) is 42.0 Å². The second-order valence-corrected chi connectivity index (χ2v) is 10.8. The molecule has 6 rings (SSSR count). The maximum atomic E-state index is 13.6. The molecule has 3 amide bonds. The number of nitrogens with zero attached hydrogens (tertiary/aromatic N) is 3. The quantitative estimate of drug-likeness (QED) is 0.478. The van der Waals surface area contributed by atoms with Crippen molar-refractivity contribution in [3.63, 3.8) is 0 Å². The molecule has 186 valence electrons. The zero-order chi connectivity index (χ0) is 25.0. The van der Waals surface area contributed by atoms with E-state index in [9.17, 15) is 23.6 Å². The third-order valence-corrected chi connectivity index (χ3v) is 9.24. The number of hydrogen-bond acceptors (Lipinski definition) is 8. The first-order valence-corrected chi connectivity index (χ1v) is 13.1. The maximum Gasteiger partial charge on any atom is 0.308 e. The minimum Gasteiger partial charge on any atom is -0.469 e. The molecular formula is C24H20FN3O6S2. The van der Waals surface area contributed by atoms with Crippen LogP contribution < -0.4 is 9.77 Å². The summed E-state index contributed by atoms with van der Waals surface area (Å²) in [5, 5.41) is -0.333. The van der Waals surface area contributed by atoms with Crippen LogP contribution in [0.1, 0.15) is 16.6 Å². The van der Waals surface area contributed by atoms with E-state index in [4.69, 9.17) is 9.15 Å². The number of fused-ring (bicyclic) bond motifs is 2. The van der Waals surface area contributed by atoms with Crippen molar-refractivity contribution in [2.75, 3.05) is 31.2 Å². The van der Waals surface area contributed by atoms with Gasteiger partial charge in [0.05, 0.1) is 46.9 Å². The minimum atomic E-state index is -0.830. The van der Waals surface area contributed by atoms with Crippen molar-refractivity contribution >= 4 is 46.5 Å². The molecule has 0 N–H and O–H groups in total. The number of carbonyl (C=O) groups excluding carboxylic acids is 3.